The average Bonchev–Trinajstić information content (AvgIpc) is 3.15. The lowest BCUT2D eigenvalue weighted by atomic mass is 9.92. The molecule has 3 aromatic carbocycles. The smallest absolute Gasteiger partial charge is 0.322 e. The Morgan fingerprint density at radius 3 is 2.62 bits per heavy atom. The summed E-state index contributed by atoms with van der Waals surface area (Å²) < 4.78 is 0. The second-order valence-corrected chi connectivity index (χ2v) is 9.15. The number of halogens is 2. The normalized spacial score (nSPS) is 15.6. The van der Waals surface area contributed by atoms with Gasteiger partial charge in [-0.05, 0) is 67.3 Å². The van der Waals surface area contributed by atoms with E-state index in [4.69, 9.17) is 23.2 Å². The number of fused-ring (bicyclic) bond motifs is 3. The molecule has 2 heterocycles. The lowest BCUT2D eigenvalue weighted by Gasteiger charge is -2.36. The SMILES string of the molecule is Cc1ccc([C@H]2c3[nH]c4ccc(Cl)cc4c3CCN2C(=O)Nc2cccc(Cl)c2C)cc1. The van der Waals surface area contributed by atoms with Crippen LogP contribution in [0.1, 0.15) is 34.0 Å². The molecule has 0 unspecified atom stereocenters. The molecule has 1 aliphatic rings. The summed E-state index contributed by atoms with van der Waals surface area (Å²) in [5.41, 5.74) is 7.11. The molecule has 4 aromatic rings. The molecule has 0 bridgehead atoms. The number of carbonyl (C=O) groups is 1. The van der Waals surface area contributed by atoms with Gasteiger partial charge in [-0.15, -0.1) is 0 Å². The summed E-state index contributed by atoms with van der Waals surface area (Å²) in [5.74, 6) is 0. The number of aromatic amines is 1. The van der Waals surface area contributed by atoms with E-state index in [1.54, 1.807) is 0 Å². The lowest BCUT2D eigenvalue weighted by molar-refractivity contribution is 0.193. The number of rotatable bonds is 2. The zero-order valence-electron chi connectivity index (χ0n) is 17.9. The number of H-pyrrole nitrogens is 1. The number of benzene rings is 3. The van der Waals surface area contributed by atoms with Crippen LogP contribution in [0.15, 0.2) is 60.7 Å². The summed E-state index contributed by atoms with van der Waals surface area (Å²) in [6, 6.07) is 19.4. The number of nitrogens with zero attached hydrogens (tertiary/aromatic N) is 1. The van der Waals surface area contributed by atoms with Crippen molar-refractivity contribution >= 4 is 45.8 Å². The molecule has 162 valence electrons. The molecule has 1 aromatic heterocycles. The minimum atomic E-state index is -0.231. The number of aryl methyl sites for hydroxylation is 1. The molecule has 5 rings (SSSR count). The summed E-state index contributed by atoms with van der Waals surface area (Å²) in [6.45, 7) is 4.56. The van der Waals surface area contributed by atoms with E-state index in [9.17, 15) is 4.79 Å². The quantitative estimate of drug-likeness (QED) is 0.322. The maximum atomic E-state index is 13.5. The van der Waals surface area contributed by atoms with Crippen molar-refractivity contribution in [1.29, 1.82) is 0 Å². The largest absolute Gasteiger partial charge is 0.356 e. The van der Waals surface area contributed by atoms with Crippen molar-refractivity contribution in [1.82, 2.24) is 9.88 Å². The monoisotopic (exact) mass is 463 g/mol. The first-order chi connectivity index (χ1) is 15.4. The Bertz CT molecular complexity index is 1330. The predicted molar refractivity (Wildman–Crippen MR) is 132 cm³/mol. The van der Waals surface area contributed by atoms with Crippen LogP contribution in [-0.4, -0.2) is 22.5 Å². The van der Waals surface area contributed by atoms with Gasteiger partial charge in [0.25, 0.3) is 0 Å². The number of aromatic nitrogens is 1. The van der Waals surface area contributed by atoms with Crippen molar-refractivity contribution in [2.75, 3.05) is 11.9 Å². The van der Waals surface area contributed by atoms with Gasteiger partial charge in [-0.1, -0.05) is 59.1 Å². The lowest BCUT2D eigenvalue weighted by Crippen LogP contribution is -2.43. The van der Waals surface area contributed by atoms with Gasteiger partial charge in [0, 0.05) is 38.9 Å². The van der Waals surface area contributed by atoms with Gasteiger partial charge in [0.2, 0.25) is 0 Å². The summed E-state index contributed by atoms with van der Waals surface area (Å²) >= 11 is 12.6. The van der Waals surface area contributed by atoms with Gasteiger partial charge >= 0.3 is 6.03 Å². The van der Waals surface area contributed by atoms with Crippen molar-refractivity contribution in [3.8, 4) is 0 Å². The number of anilines is 1. The van der Waals surface area contributed by atoms with Crippen molar-refractivity contribution in [3.63, 3.8) is 0 Å². The van der Waals surface area contributed by atoms with Crippen LogP contribution in [0.5, 0.6) is 0 Å². The van der Waals surface area contributed by atoms with Crippen molar-refractivity contribution in [3.05, 3.63) is 98.7 Å². The van der Waals surface area contributed by atoms with Gasteiger partial charge in [0.15, 0.2) is 0 Å². The average molecular weight is 464 g/mol. The molecule has 32 heavy (non-hydrogen) atoms. The summed E-state index contributed by atoms with van der Waals surface area (Å²) in [6.07, 6.45) is 0.750. The third-order valence-electron chi connectivity index (χ3n) is 6.25. The molecule has 2 amide bonds. The number of nitrogens with one attached hydrogen (secondary N) is 2. The van der Waals surface area contributed by atoms with Crippen LogP contribution in [0.4, 0.5) is 10.5 Å². The molecule has 0 spiro atoms. The van der Waals surface area contributed by atoms with Gasteiger partial charge in [-0.25, -0.2) is 4.79 Å². The Labute approximate surface area is 197 Å². The predicted octanol–water partition coefficient (Wildman–Crippen LogP) is 7.27. The highest BCUT2D eigenvalue weighted by Gasteiger charge is 2.34. The van der Waals surface area contributed by atoms with E-state index in [1.165, 1.54) is 11.1 Å². The first kappa shape index (κ1) is 20.9. The minimum absolute atomic E-state index is 0.150. The highest BCUT2D eigenvalue weighted by Crippen LogP contribution is 2.39. The topological polar surface area (TPSA) is 48.1 Å². The van der Waals surface area contributed by atoms with Gasteiger partial charge < -0.3 is 15.2 Å². The summed E-state index contributed by atoms with van der Waals surface area (Å²) in [7, 11) is 0. The molecule has 4 nitrogen and oxygen atoms in total. The second kappa shape index (κ2) is 8.19. The van der Waals surface area contributed by atoms with Crippen LogP contribution in [0, 0.1) is 13.8 Å². The van der Waals surface area contributed by atoms with Crippen LogP contribution in [0.25, 0.3) is 10.9 Å². The third-order valence-corrected chi connectivity index (χ3v) is 6.90. The maximum absolute atomic E-state index is 13.5. The van der Waals surface area contributed by atoms with Gasteiger partial charge in [0.05, 0.1) is 6.04 Å². The Morgan fingerprint density at radius 1 is 1.06 bits per heavy atom. The fraction of sp³-hybridized carbons (Fsp3) is 0.192. The third kappa shape index (κ3) is 3.64. The molecule has 6 heteroatoms. The molecule has 0 saturated heterocycles. The van der Waals surface area contributed by atoms with Crippen LogP contribution in [0.3, 0.4) is 0 Å². The molecule has 1 aliphatic heterocycles. The Kier molecular flexibility index (Phi) is 5.36. The van der Waals surface area contributed by atoms with Crippen LogP contribution >= 0.6 is 23.2 Å². The number of hydrogen-bond acceptors (Lipinski definition) is 1. The first-order valence-corrected chi connectivity index (χ1v) is 11.4. The van der Waals surface area contributed by atoms with Crippen molar-refractivity contribution < 1.29 is 4.79 Å². The molecule has 2 N–H and O–H groups in total. The minimum Gasteiger partial charge on any atom is -0.356 e. The van der Waals surface area contributed by atoms with E-state index in [-0.39, 0.29) is 12.1 Å². The van der Waals surface area contributed by atoms with Crippen LogP contribution < -0.4 is 5.32 Å². The summed E-state index contributed by atoms with van der Waals surface area (Å²) in [5, 5.41) is 5.54. The molecular formula is C26H23Cl2N3O. The number of hydrogen-bond donors (Lipinski definition) is 2. The van der Waals surface area contributed by atoms with Crippen LogP contribution in [-0.2, 0) is 6.42 Å². The van der Waals surface area contributed by atoms with E-state index in [1.807, 2.05) is 48.2 Å². The molecule has 0 aliphatic carbocycles. The Balaban J connectivity index is 1.59. The van der Waals surface area contributed by atoms with Gasteiger partial charge in [0.1, 0.15) is 0 Å². The zero-order valence-corrected chi connectivity index (χ0v) is 19.4. The highest BCUT2D eigenvalue weighted by molar-refractivity contribution is 6.32. The molecule has 1 atom stereocenters. The number of carbonyl (C=O) groups excluding carboxylic acids is 1. The van der Waals surface area contributed by atoms with E-state index in [2.05, 4.69) is 41.5 Å². The van der Waals surface area contributed by atoms with E-state index in [0.717, 1.165) is 39.8 Å². The number of amides is 2. The highest BCUT2D eigenvalue weighted by atomic mass is 35.5. The molecule has 0 radical (unpaired) electrons. The molecule has 0 saturated carbocycles. The fourth-order valence-corrected chi connectivity index (χ4v) is 4.85. The summed E-state index contributed by atoms with van der Waals surface area (Å²) in [4.78, 5) is 19.0. The van der Waals surface area contributed by atoms with Gasteiger partial charge in [-0.2, -0.15) is 0 Å². The second-order valence-electron chi connectivity index (χ2n) is 8.31. The van der Waals surface area contributed by atoms with Crippen molar-refractivity contribution in [2.45, 2.75) is 26.3 Å². The van der Waals surface area contributed by atoms with E-state index in [0.29, 0.717) is 16.6 Å². The van der Waals surface area contributed by atoms with Crippen molar-refractivity contribution in [2.24, 2.45) is 0 Å². The van der Waals surface area contributed by atoms with Crippen LogP contribution in [0.2, 0.25) is 10.0 Å². The first-order valence-electron chi connectivity index (χ1n) is 10.6. The Hall–Kier alpha value is -2.95. The van der Waals surface area contributed by atoms with E-state index < -0.39 is 0 Å². The maximum Gasteiger partial charge on any atom is 0.322 e. The van der Waals surface area contributed by atoms with Gasteiger partial charge in [-0.3, -0.25) is 0 Å². The molecular weight excluding hydrogens is 441 g/mol. The fourth-order valence-electron chi connectivity index (χ4n) is 4.50. The number of urea groups is 1. The standard InChI is InChI=1S/C26H23Cl2N3O/c1-15-6-8-17(9-7-15)25-24-19(20-14-18(27)10-11-23(20)29-24)12-13-31(25)26(32)30-22-5-3-4-21(28)16(22)2/h3-11,14,25,29H,12-13H2,1-2H3,(H,30,32)/t25-/m0/s1. The molecule has 0 fully saturated rings. The van der Waals surface area contributed by atoms with E-state index >= 15 is 0 Å². The zero-order chi connectivity index (χ0) is 22.4. The Morgan fingerprint density at radius 2 is 1.84 bits per heavy atom.